The van der Waals surface area contributed by atoms with Crippen molar-refractivity contribution in [1.82, 2.24) is 0 Å². The Labute approximate surface area is 390 Å². The topological polar surface area (TPSA) is 91.3 Å². The van der Waals surface area contributed by atoms with Gasteiger partial charge >= 0.3 is 13.8 Å². The van der Waals surface area contributed by atoms with Crippen LogP contribution in [0.3, 0.4) is 0 Å². The zero-order valence-electron chi connectivity index (χ0n) is 41.8. The summed E-state index contributed by atoms with van der Waals surface area (Å²) >= 11 is 0. The second-order valence-electron chi connectivity index (χ2n) is 18.5. The van der Waals surface area contributed by atoms with Gasteiger partial charge in [0, 0.05) is 13.0 Å². The Kier molecular flexibility index (Phi) is 45.4. The van der Waals surface area contributed by atoms with Gasteiger partial charge in [-0.25, -0.2) is 4.57 Å². The Balaban J connectivity index is 4.15. The van der Waals surface area contributed by atoms with E-state index in [4.69, 9.17) is 18.5 Å². The Morgan fingerprint density at radius 2 is 0.873 bits per heavy atom. The van der Waals surface area contributed by atoms with Crippen LogP contribution in [0.15, 0.2) is 60.8 Å². The highest BCUT2D eigenvalue weighted by molar-refractivity contribution is 7.47. The molecule has 63 heavy (non-hydrogen) atoms. The molecule has 0 aliphatic rings. The largest absolute Gasteiger partial charge is 0.472 e. The molecule has 8 nitrogen and oxygen atoms in total. The highest BCUT2D eigenvalue weighted by Crippen LogP contribution is 2.43. The summed E-state index contributed by atoms with van der Waals surface area (Å²) < 4.78 is 35.1. The summed E-state index contributed by atoms with van der Waals surface area (Å²) in [5.74, 6) is -0.324. The first-order valence-electron chi connectivity index (χ1n) is 26.0. The van der Waals surface area contributed by atoms with Crippen LogP contribution in [-0.4, -0.2) is 75.6 Å². The molecular formula is C54H101NO7P+. The predicted molar refractivity (Wildman–Crippen MR) is 270 cm³/mol. The van der Waals surface area contributed by atoms with E-state index in [0.717, 1.165) is 57.8 Å². The minimum atomic E-state index is -4.29. The lowest BCUT2D eigenvalue weighted by Gasteiger charge is -2.24. The number of rotatable bonds is 48. The molecule has 0 amide bonds. The molecular weight excluding hydrogens is 806 g/mol. The fraction of sp³-hybridized carbons (Fsp3) is 0.796. The number of phosphoric acid groups is 1. The maximum atomic E-state index is 12.8. The number of hydrogen-bond donors (Lipinski definition) is 1. The molecule has 0 fully saturated rings. The van der Waals surface area contributed by atoms with Crippen molar-refractivity contribution in [2.24, 2.45) is 0 Å². The molecule has 0 heterocycles. The number of hydrogen-bond acceptors (Lipinski definition) is 6. The Morgan fingerprint density at radius 1 is 0.492 bits per heavy atom. The van der Waals surface area contributed by atoms with Crippen molar-refractivity contribution in [3.63, 3.8) is 0 Å². The van der Waals surface area contributed by atoms with Crippen LogP contribution in [-0.2, 0) is 27.9 Å². The minimum Gasteiger partial charge on any atom is -0.457 e. The number of nitrogens with zero attached hydrogens (tertiary/aromatic N) is 1. The van der Waals surface area contributed by atoms with Gasteiger partial charge < -0.3 is 18.9 Å². The number of quaternary nitrogens is 1. The molecule has 368 valence electrons. The van der Waals surface area contributed by atoms with Crippen molar-refractivity contribution in [2.45, 2.75) is 225 Å². The van der Waals surface area contributed by atoms with Crippen molar-refractivity contribution >= 4 is 13.8 Å². The van der Waals surface area contributed by atoms with Gasteiger partial charge in [0.2, 0.25) is 0 Å². The van der Waals surface area contributed by atoms with E-state index in [1.54, 1.807) is 0 Å². The van der Waals surface area contributed by atoms with E-state index in [-0.39, 0.29) is 25.8 Å². The first kappa shape index (κ1) is 61.2. The monoisotopic (exact) mass is 907 g/mol. The molecule has 0 rings (SSSR count). The smallest absolute Gasteiger partial charge is 0.457 e. The number of phosphoric ester groups is 1. The average molecular weight is 907 g/mol. The van der Waals surface area contributed by atoms with Crippen molar-refractivity contribution in [3.8, 4) is 0 Å². The number of unbranched alkanes of at least 4 members (excludes halogenated alkanes) is 24. The van der Waals surface area contributed by atoms with Crippen LogP contribution < -0.4 is 0 Å². The van der Waals surface area contributed by atoms with Crippen molar-refractivity contribution in [3.05, 3.63) is 60.8 Å². The summed E-state index contributed by atoms with van der Waals surface area (Å²) in [6.45, 7) is 5.57. The molecule has 0 aliphatic carbocycles. The van der Waals surface area contributed by atoms with Crippen LogP contribution in [0.1, 0.15) is 219 Å². The molecule has 9 heteroatoms. The van der Waals surface area contributed by atoms with Crippen LogP contribution >= 0.6 is 7.82 Å². The van der Waals surface area contributed by atoms with Crippen molar-refractivity contribution in [1.29, 1.82) is 0 Å². The number of likely N-dealkylation sites (N-methyl/N-ethyl adjacent to an activating group) is 1. The van der Waals surface area contributed by atoms with E-state index >= 15 is 0 Å². The Morgan fingerprint density at radius 3 is 1.33 bits per heavy atom. The number of esters is 1. The van der Waals surface area contributed by atoms with Gasteiger partial charge in [0.1, 0.15) is 19.3 Å². The van der Waals surface area contributed by atoms with Crippen molar-refractivity contribution < 1.29 is 37.3 Å². The number of carbonyl (C=O) groups is 1. The standard InChI is InChI=1S/C54H100NO7P/c1-6-8-10-12-14-16-18-20-22-24-25-26-27-28-29-30-32-34-36-38-40-42-44-46-49-59-51-53(52-61-63(57,58)60-50-48-55(3,4)5)62-54(56)47-45-43-41-39-37-35-33-31-23-21-19-17-15-13-11-9-7-2/h15,17-18,20-21,23-25,27-28,53H,6-14,16,19,22,26,29-52H2,1-5H3/p+1/b17-15-,20-18-,23-21-,25-24-,28-27-. The molecule has 0 bridgehead atoms. The van der Waals surface area contributed by atoms with E-state index in [1.807, 2.05) is 21.1 Å². The van der Waals surface area contributed by atoms with Gasteiger partial charge in [0.05, 0.1) is 34.4 Å². The average Bonchev–Trinajstić information content (AvgIpc) is 3.24. The third kappa shape index (κ3) is 51.1. The highest BCUT2D eigenvalue weighted by Gasteiger charge is 2.26. The molecule has 0 spiro atoms. The fourth-order valence-electron chi connectivity index (χ4n) is 7.00. The van der Waals surface area contributed by atoms with Gasteiger partial charge in [0.25, 0.3) is 0 Å². The predicted octanol–water partition coefficient (Wildman–Crippen LogP) is 16.1. The molecule has 2 unspecified atom stereocenters. The molecule has 0 radical (unpaired) electrons. The van der Waals surface area contributed by atoms with Crippen LogP contribution in [0.25, 0.3) is 0 Å². The van der Waals surface area contributed by atoms with E-state index in [2.05, 4.69) is 74.6 Å². The third-order valence-corrected chi connectivity index (χ3v) is 12.0. The van der Waals surface area contributed by atoms with Crippen LogP contribution in [0.5, 0.6) is 0 Å². The lowest BCUT2D eigenvalue weighted by Crippen LogP contribution is -2.37. The maximum absolute atomic E-state index is 12.8. The summed E-state index contributed by atoms with van der Waals surface area (Å²) in [6, 6.07) is 0. The summed E-state index contributed by atoms with van der Waals surface area (Å²) in [4.78, 5) is 23.0. The normalized spacial score (nSPS) is 14.1. The molecule has 0 saturated heterocycles. The summed E-state index contributed by atoms with van der Waals surface area (Å²) in [5.41, 5.74) is 0. The zero-order valence-corrected chi connectivity index (χ0v) is 42.7. The highest BCUT2D eigenvalue weighted by atomic mass is 31.2. The second kappa shape index (κ2) is 46.7. The van der Waals surface area contributed by atoms with Gasteiger partial charge in [-0.1, -0.05) is 190 Å². The van der Waals surface area contributed by atoms with Gasteiger partial charge in [-0.15, -0.1) is 0 Å². The molecule has 0 aliphatic heterocycles. The number of carbonyl (C=O) groups excluding carboxylic acids is 1. The summed E-state index contributed by atoms with van der Waals surface area (Å²) in [7, 11) is 1.65. The van der Waals surface area contributed by atoms with E-state index in [1.165, 1.54) is 141 Å². The maximum Gasteiger partial charge on any atom is 0.472 e. The molecule has 1 N–H and O–H groups in total. The first-order chi connectivity index (χ1) is 30.6. The summed E-state index contributed by atoms with van der Waals surface area (Å²) in [6.07, 6.45) is 59.8. The Bertz CT molecular complexity index is 1190. The summed E-state index contributed by atoms with van der Waals surface area (Å²) in [5, 5.41) is 0. The SMILES string of the molecule is CCCCC/C=C\C/C=C\CCCCCCCCCC(=O)OC(COCCCCCCCCCCC/C=C\C/C=C\C/C=C\CCCCCCC)COP(=O)(O)OCC[N+](C)(C)C. The lowest BCUT2D eigenvalue weighted by molar-refractivity contribution is -0.870. The van der Waals surface area contributed by atoms with E-state index < -0.39 is 13.9 Å². The van der Waals surface area contributed by atoms with Crippen molar-refractivity contribution in [2.75, 3.05) is 54.1 Å². The van der Waals surface area contributed by atoms with Gasteiger partial charge in [-0.3, -0.25) is 13.8 Å². The van der Waals surface area contributed by atoms with Gasteiger partial charge in [0.15, 0.2) is 0 Å². The quantitative estimate of drug-likeness (QED) is 0.0214. The third-order valence-electron chi connectivity index (χ3n) is 11.1. The minimum absolute atomic E-state index is 0.0836. The van der Waals surface area contributed by atoms with Gasteiger partial charge in [-0.2, -0.15) is 0 Å². The molecule has 0 saturated carbocycles. The molecule has 2 atom stereocenters. The fourth-order valence-corrected chi connectivity index (χ4v) is 7.74. The van der Waals surface area contributed by atoms with Gasteiger partial charge in [-0.05, 0) is 83.5 Å². The van der Waals surface area contributed by atoms with Crippen LogP contribution in [0, 0.1) is 0 Å². The second-order valence-corrected chi connectivity index (χ2v) is 20.0. The first-order valence-corrected chi connectivity index (χ1v) is 27.5. The molecule has 0 aromatic heterocycles. The van der Waals surface area contributed by atoms with E-state index in [9.17, 15) is 14.3 Å². The Hall–Kier alpha value is -1.80. The molecule has 0 aromatic rings. The zero-order chi connectivity index (χ0) is 46.2. The molecule has 0 aromatic carbocycles. The lowest BCUT2D eigenvalue weighted by atomic mass is 10.1. The number of allylic oxidation sites excluding steroid dienone is 10. The van der Waals surface area contributed by atoms with Crippen LogP contribution in [0.4, 0.5) is 0 Å². The number of ether oxygens (including phenoxy) is 2. The van der Waals surface area contributed by atoms with Crippen LogP contribution in [0.2, 0.25) is 0 Å². The van der Waals surface area contributed by atoms with E-state index in [0.29, 0.717) is 24.1 Å².